The molecule has 4 aromatic rings. The number of amides is 2. The Kier molecular flexibility index (Phi) is 5.13. The fourth-order valence-corrected chi connectivity index (χ4v) is 4.74. The highest BCUT2D eigenvalue weighted by Crippen LogP contribution is 2.38. The molecule has 35 heavy (non-hydrogen) atoms. The molecule has 8 heteroatoms. The number of rotatable bonds is 2. The highest BCUT2D eigenvalue weighted by Gasteiger charge is 2.33. The summed E-state index contributed by atoms with van der Waals surface area (Å²) in [5.74, 6) is -0.240. The van der Waals surface area contributed by atoms with Gasteiger partial charge in [0.1, 0.15) is 24.8 Å². The second-order valence-electron chi connectivity index (χ2n) is 8.45. The first-order chi connectivity index (χ1) is 17.1. The molecule has 3 aromatic carbocycles. The summed E-state index contributed by atoms with van der Waals surface area (Å²) < 4.78 is 41.7. The van der Waals surface area contributed by atoms with Crippen LogP contribution in [0.1, 0.15) is 22.9 Å². The molecule has 2 amide bonds. The SMILES string of the molecule is O=C(Nc1ccc2c(c1)OCCO2)N1Cc2ccccc2-n2cccc2[C@H]1c1cc(F)cc(F)c1. The fraction of sp³-hybridized carbons (Fsp3) is 0.148. The van der Waals surface area contributed by atoms with Crippen LogP contribution < -0.4 is 14.8 Å². The molecule has 0 spiro atoms. The molecule has 6 rings (SSSR count). The highest BCUT2D eigenvalue weighted by molar-refractivity contribution is 5.90. The van der Waals surface area contributed by atoms with Crippen LogP contribution in [0.2, 0.25) is 0 Å². The number of urea groups is 1. The van der Waals surface area contributed by atoms with Gasteiger partial charge in [-0.05, 0) is 53.6 Å². The first kappa shape index (κ1) is 21.2. The molecule has 2 aliphatic rings. The Balaban J connectivity index is 1.44. The second kappa shape index (κ2) is 8.47. The second-order valence-corrected chi connectivity index (χ2v) is 8.45. The van der Waals surface area contributed by atoms with E-state index in [0.29, 0.717) is 36.0 Å². The van der Waals surface area contributed by atoms with E-state index in [1.165, 1.54) is 12.1 Å². The molecule has 3 heterocycles. The summed E-state index contributed by atoms with van der Waals surface area (Å²) in [5.41, 5.74) is 3.40. The third-order valence-corrected chi connectivity index (χ3v) is 6.22. The number of nitrogens with one attached hydrogen (secondary N) is 1. The number of carbonyl (C=O) groups is 1. The molecule has 0 aliphatic carbocycles. The van der Waals surface area contributed by atoms with Crippen molar-refractivity contribution < 1.29 is 23.0 Å². The Morgan fingerprint density at radius 2 is 1.66 bits per heavy atom. The van der Waals surface area contributed by atoms with Crippen molar-refractivity contribution in [2.75, 3.05) is 18.5 Å². The lowest BCUT2D eigenvalue weighted by Gasteiger charge is -2.31. The molecule has 0 radical (unpaired) electrons. The zero-order valence-corrected chi connectivity index (χ0v) is 18.6. The molecule has 0 fully saturated rings. The number of fused-ring (bicyclic) bond motifs is 4. The van der Waals surface area contributed by atoms with E-state index < -0.39 is 23.7 Å². The maximum atomic E-state index is 14.3. The van der Waals surface area contributed by atoms with E-state index in [-0.39, 0.29) is 6.54 Å². The van der Waals surface area contributed by atoms with Gasteiger partial charge in [0.15, 0.2) is 11.5 Å². The Bertz CT molecular complexity index is 1410. The van der Waals surface area contributed by atoms with Crippen molar-refractivity contribution in [1.82, 2.24) is 9.47 Å². The topological polar surface area (TPSA) is 55.7 Å². The zero-order valence-electron chi connectivity index (χ0n) is 18.6. The van der Waals surface area contributed by atoms with Gasteiger partial charge in [0.05, 0.1) is 18.3 Å². The van der Waals surface area contributed by atoms with Crippen molar-refractivity contribution in [2.45, 2.75) is 12.6 Å². The van der Waals surface area contributed by atoms with Gasteiger partial charge in [-0.2, -0.15) is 0 Å². The summed E-state index contributed by atoms with van der Waals surface area (Å²) in [5, 5.41) is 2.93. The minimum absolute atomic E-state index is 0.233. The molecule has 6 nitrogen and oxygen atoms in total. The standard InChI is InChI=1S/C27H21F2N3O3/c28-19-12-18(13-20(29)14-19)26-23-6-3-9-31(23)22-5-2-1-4-17(22)16-32(26)27(33)30-21-7-8-24-25(15-21)35-11-10-34-24/h1-9,12-15,26H,10-11,16H2,(H,30,33)/t26-/m1/s1. The van der Waals surface area contributed by atoms with Crippen LogP contribution in [0.25, 0.3) is 5.69 Å². The largest absolute Gasteiger partial charge is 0.486 e. The summed E-state index contributed by atoms with van der Waals surface area (Å²) in [4.78, 5) is 15.3. The number of hydrogen-bond donors (Lipinski definition) is 1. The average Bonchev–Trinajstić information content (AvgIpc) is 3.27. The third kappa shape index (κ3) is 3.86. The number of anilines is 1. The monoisotopic (exact) mass is 473 g/mol. The number of benzene rings is 3. The number of ether oxygens (including phenoxy) is 2. The number of hydrogen-bond acceptors (Lipinski definition) is 3. The first-order valence-corrected chi connectivity index (χ1v) is 11.3. The van der Waals surface area contributed by atoms with Crippen LogP contribution in [0.4, 0.5) is 19.3 Å². The van der Waals surface area contributed by atoms with Crippen LogP contribution in [0, 0.1) is 11.6 Å². The third-order valence-electron chi connectivity index (χ3n) is 6.22. The molecule has 0 bridgehead atoms. The fourth-order valence-electron chi connectivity index (χ4n) is 4.74. The van der Waals surface area contributed by atoms with E-state index >= 15 is 0 Å². The van der Waals surface area contributed by atoms with E-state index in [0.717, 1.165) is 23.0 Å². The van der Waals surface area contributed by atoms with E-state index in [9.17, 15) is 13.6 Å². The van der Waals surface area contributed by atoms with Crippen molar-refractivity contribution in [2.24, 2.45) is 0 Å². The van der Waals surface area contributed by atoms with Crippen LogP contribution in [0.3, 0.4) is 0 Å². The van der Waals surface area contributed by atoms with Crippen LogP contribution in [-0.4, -0.2) is 28.7 Å². The highest BCUT2D eigenvalue weighted by atomic mass is 19.1. The molecular formula is C27H21F2N3O3. The molecule has 0 saturated heterocycles. The number of aromatic nitrogens is 1. The van der Waals surface area contributed by atoms with Crippen molar-refractivity contribution in [3.63, 3.8) is 0 Å². The molecule has 176 valence electrons. The maximum absolute atomic E-state index is 14.3. The van der Waals surface area contributed by atoms with E-state index in [2.05, 4.69) is 5.32 Å². The molecule has 0 unspecified atom stereocenters. The maximum Gasteiger partial charge on any atom is 0.322 e. The van der Waals surface area contributed by atoms with E-state index in [1.807, 2.05) is 47.2 Å². The smallest absolute Gasteiger partial charge is 0.322 e. The summed E-state index contributed by atoms with van der Waals surface area (Å²) in [6.07, 6.45) is 1.89. The van der Waals surface area contributed by atoms with Gasteiger partial charge >= 0.3 is 6.03 Å². The van der Waals surface area contributed by atoms with Crippen LogP contribution in [0.5, 0.6) is 11.5 Å². The van der Waals surface area contributed by atoms with Gasteiger partial charge in [0.25, 0.3) is 0 Å². The van der Waals surface area contributed by atoms with Crippen LogP contribution >= 0.6 is 0 Å². The van der Waals surface area contributed by atoms with Gasteiger partial charge in [-0.25, -0.2) is 13.6 Å². The summed E-state index contributed by atoms with van der Waals surface area (Å²) in [6, 6.07) is 18.8. The number of carbonyl (C=O) groups excluding carboxylic acids is 1. The summed E-state index contributed by atoms with van der Waals surface area (Å²) >= 11 is 0. The average molecular weight is 473 g/mol. The predicted octanol–water partition coefficient (Wildman–Crippen LogP) is 5.66. The van der Waals surface area contributed by atoms with Gasteiger partial charge in [0, 0.05) is 29.7 Å². The minimum Gasteiger partial charge on any atom is -0.486 e. The van der Waals surface area contributed by atoms with Crippen LogP contribution in [-0.2, 0) is 6.54 Å². The molecule has 1 aromatic heterocycles. The van der Waals surface area contributed by atoms with Gasteiger partial charge in [-0.15, -0.1) is 0 Å². The quantitative estimate of drug-likeness (QED) is 0.409. The molecular weight excluding hydrogens is 452 g/mol. The number of halogens is 2. The van der Waals surface area contributed by atoms with E-state index in [4.69, 9.17) is 9.47 Å². The number of para-hydroxylation sites is 1. The lowest BCUT2D eigenvalue weighted by Crippen LogP contribution is -2.38. The lowest BCUT2D eigenvalue weighted by atomic mass is 10.0. The van der Waals surface area contributed by atoms with Gasteiger partial charge < -0.3 is 24.3 Å². The predicted molar refractivity (Wildman–Crippen MR) is 126 cm³/mol. The first-order valence-electron chi connectivity index (χ1n) is 11.3. The Morgan fingerprint density at radius 3 is 2.49 bits per heavy atom. The van der Waals surface area contributed by atoms with Crippen molar-refractivity contribution in [3.05, 3.63) is 107 Å². The normalized spacial score (nSPS) is 16.2. The van der Waals surface area contributed by atoms with Crippen molar-refractivity contribution >= 4 is 11.7 Å². The molecule has 2 aliphatic heterocycles. The van der Waals surface area contributed by atoms with Crippen molar-refractivity contribution in [1.29, 1.82) is 0 Å². The van der Waals surface area contributed by atoms with Crippen LogP contribution in [0.15, 0.2) is 79.0 Å². The summed E-state index contributed by atoms with van der Waals surface area (Å²) in [7, 11) is 0. The summed E-state index contributed by atoms with van der Waals surface area (Å²) in [6.45, 7) is 1.13. The Morgan fingerprint density at radius 1 is 0.886 bits per heavy atom. The molecule has 1 atom stereocenters. The molecule has 0 saturated carbocycles. The lowest BCUT2D eigenvalue weighted by molar-refractivity contribution is 0.171. The molecule has 1 N–H and O–H groups in total. The minimum atomic E-state index is -0.736. The van der Waals surface area contributed by atoms with Gasteiger partial charge in [-0.3, -0.25) is 0 Å². The zero-order chi connectivity index (χ0) is 23.9. The van der Waals surface area contributed by atoms with E-state index in [1.54, 1.807) is 23.1 Å². The van der Waals surface area contributed by atoms with Gasteiger partial charge in [-0.1, -0.05) is 18.2 Å². The number of nitrogens with zero attached hydrogens (tertiary/aromatic N) is 2. The van der Waals surface area contributed by atoms with Gasteiger partial charge in [0.2, 0.25) is 0 Å². The van der Waals surface area contributed by atoms with Crippen molar-refractivity contribution in [3.8, 4) is 17.2 Å². The Labute approximate surface area is 200 Å². The Hall–Kier alpha value is -4.33.